The van der Waals surface area contributed by atoms with E-state index in [9.17, 15) is 19.2 Å². The highest BCUT2D eigenvalue weighted by Crippen LogP contribution is 2.38. The molecule has 0 saturated carbocycles. The van der Waals surface area contributed by atoms with Crippen molar-refractivity contribution in [2.45, 2.75) is 124 Å². The predicted octanol–water partition coefficient (Wildman–Crippen LogP) is 6.06. The number of nitrogens with zero attached hydrogens (tertiary/aromatic N) is 4. The lowest BCUT2D eigenvalue weighted by atomic mass is 9.74. The second-order valence-corrected chi connectivity index (χ2v) is 11.8. The molecule has 230 valence electrons. The molecule has 2 fully saturated rings. The summed E-state index contributed by atoms with van der Waals surface area (Å²) in [5.74, 6) is -0.147. The van der Waals surface area contributed by atoms with Gasteiger partial charge in [-0.1, -0.05) is 53.4 Å². The minimum Gasteiger partial charge on any atom is -0.381 e. The number of likely N-dealkylation sites (N-methyl/N-ethyl adjacent to an activating group) is 2. The zero-order chi connectivity index (χ0) is 29.8. The number of amides is 6. The van der Waals surface area contributed by atoms with Crippen LogP contribution in [0.1, 0.15) is 118 Å². The fourth-order valence-corrected chi connectivity index (χ4v) is 6.50. The number of carbonyl (C=O) groups excluding carboxylic acids is 4. The summed E-state index contributed by atoms with van der Waals surface area (Å²) in [6.07, 6.45) is 12.9. The normalized spacial score (nSPS) is 16.9. The van der Waals surface area contributed by atoms with Crippen LogP contribution in [0.4, 0.5) is 9.59 Å². The number of carbonyl (C=O) groups is 4. The molecule has 0 aliphatic carbocycles. The van der Waals surface area contributed by atoms with Gasteiger partial charge in [0, 0.05) is 33.4 Å². The summed E-state index contributed by atoms with van der Waals surface area (Å²) in [6.45, 7) is 13.6. The Morgan fingerprint density at radius 2 is 1.25 bits per heavy atom. The number of unbranched alkanes of at least 4 members (excludes halogenated alkanes) is 3. The second kappa shape index (κ2) is 16.3. The molecule has 0 radical (unpaired) electrons. The summed E-state index contributed by atoms with van der Waals surface area (Å²) in [5.41, 5.74) is -0.0748. The Morgan fingerprint density at radius 3 is 1.73 bits per heavy atom. The fourth-order valence-electron chi connectivity index (χ4n) is 6.50. The molecule has 9 heteroatoms. The van der Waals surface area contributed by atoms with Gasteiger partial charge in [0.1, 0.15) is 13.1 Å². The first-order valence-corrected chi connectivity index (χ1v) is 15.9. The van der Waals surface area contributed by atoms with Crippen LogP contribution in [-0.4, -0.2) is 95.5 Å². The van der Waals surface area contributed by atoms with Gasteiger partial charge in [-0.2, -0.15) is 0 Å². The van der Waals surface area contributed by atoms with Crippen LogP contribution in [0.25, 0.3) is 0 Å². The van der Waals surface area contributed by atoms with Crippen LogP contribution in [0.15, 0.2) is 0 Å². The highest BCUT2D eigenvalue weighted by atomic mass is 16.5. The van der Waals surface area contributed by atoms with Crippen molar-refractivity contribution in [3.63, 3.8) is 0 Å². The SMILES string of the molecule is CCN1CC(=O)N(CCCCC(CC)(CC)CCCCOCCCCC(CC)(CC)N2C(=O)CN(C)C2=O)C1=O. The molecule has 0 bridgehead atoms. The zero-order valence-electron chi connectivity index (χ0n) is 26.3. The van der Waals surface area contributed by atoms with Crippen LogP contribution >= 0.6 is 0 Å². The third-order valence-electron chi connectivity index (χ3n) is 9.71. The molecular formula is C31H56N4O5. The first-order chi connectivity index (χ1) is 19.1. The number of hydrogen-bond donors (Lipinski definition) is 0. The molecule has 2 rings (SSSR count). The van der Waals surface area contributed by atoms with E-state index in [2.05, 4.69) is 27.7 Å². The molecule has 2 aliphatic heterocycles. The summed E-state index contributed by atoms with van der Waals surface area (Å²) in [6, 6.07) is -0.301. The lowest BCUT2D eigenvalue weighted by Gasteiger charge is -2.39. The monoisotopic (exact) mass is 564 g/mol. The molecule has 6 amide bonds. The summed E-state index contributed by atoms with van der Waals surface area (Å²) < 4.78 is 5.95. The van der Waals surface area contributed by atoms with Crippen molar-refractivity contribution in [3.05, 3.63) is 0 Å². The summed E-state index contributed by atoms with van der Waals surface area (Å²) in [7, 11) is 1.69. The van der Waals surface area contributed by atoms with Gasteiger partial charge < -0.3 is 14.5 Å². The van der Waals surface area contributed by atoms with E-state index in [1.807, 2.05) is 6.92 Å². The molecular weight excluding hydrogens is 508 g/mol. The van der Waals surface area contributed by atoms with Gasteiger partial charge in [0.2, 0.25) is 5.91 Å². The Balaban J connectivity index is 1.63. The van der Waals surface area contributed by atoms with Crippen LogP contribution in [0, 0.1) is 5.41 Å². The third-order valence-corrected chi connectivity index (χ3v) is 9.71. The van der Waals surface area contributed by atoms with Crippen molar-refractivity contribution >= 4 is 23.9 Å². The van der Waals surface area contributed by atoms with E-state index in [4.69, 9.17) is 4.74 Å². The van der Waals surface area contributed by atoms with Crippen molar-refractivity contribution < 1.29 is 23.9 Å². The molecule has 40 heavy (non-hydrogen) atoms. The molecule has 0 unspecified atom stereocenters. The summed E-state index contributed by atoms with van der Waals surface area (Å²) in [4.78, 5) is 55.6. The second-order valence-electron chi connectivity index (χ2n) is 11.8. The van der Waals surface area contributed by atoms with Crippen LogP contribution in [0.5, 0.6) is 0 Å². The van der Waals surface area contributed by atoms with Crippen molar-refractivity contribution in [1.29, 1.82) is 0 Å². The third kappa shape index (κ3) is 8.43. The van der Waals surface area contributed by atoms with Crippen molar-refractivity contribution in [1.82, 2.24) is 19.6 Å². The van der Waals surface area contributed by atoms with Crippen molar-refractivity contribution in [3.8, 4) is 0 Å². The van der Waals surface area contributed by atoms with Gasteiger partial charge in [-0.25, -0.2) is 9.59 Å². The lowest BCUT2D eigenvalue weighted by molar-refractivity contribution is -0.130. The lowest BCUT2D eigenvalue weighted by Crippen LogP contribution is -2.51. The Morgan fingerprint density at radius 1 is 0.675 bits per heavy atom. The molecule has 0 N–H and O–H groups in total. The number of imide groups is 2. The summed E-state index contributed by atoms with van der Waals surface area (Å²) in [5, 5.41) is 0. The molecule has 9 nitrogen and oxygen atoms in total. The first-order valence-electron chi connectivity index (χ1n) is 15.9. The van der Waals surface area contributed by atoms with Gasteiger partial charge in [0.25, 0.3) is 5.91 Å². The van der Waals surface area contributed by atoms with Gasteiger partial charge in [0.05, 0.1) is 5.54 Å². The maximum absolute atomic E-state index is 12.6. The number of hydrogen-bond acceptors (Lipinski definition) is 5. The van der Waals surface area contributed by atoms with E-state index >= 15 is 0 Å². The molecule has 2 saturated heterocycles. The topological polar surface area (TPSA) is 90.5 Å². The maximum atomic E-state index is 12.6. The first kappa shape index (κ1) is 34.0. The molecule has 0 aromatic heterocycles. The van der Waals surface area contributed by atoms with E-state index in [0.717, 1.165) is 83.7 Å². The van der Waals surface area contributed by atoms with E-state index in [1.54, 1.807) is 11.9 Å². The molecule has 0 aromatic rings. The van der Waals surface area contributed by atoms with E-state index < -0.39 is 5.54 Å². The van der Waals surface area contributed by atoms with Crippen LogP contribution in [0.2, 0.25) is 0 Å². The predicted molar refractivity (Wildman–Crippen MR) is 158 cm³/mol. The smallest absolute Gasteiger partial charge is 0.327 e. The van der Waals surface area contributed by atoms with Gasteiger partial charge >= 0.3 is 12.1 Å². The van der Waals surface area contributed by atoms with E-state index in [-0.39, 0.29) is 37.0 Å². The van der Waals surface area contributed by atoms with E-state index in [0.29, 0.717) is 25.1 Å². The zero-order valence-corrected chi connectivity index (χ0v) is 26.3. The quantitative estimate of drug-likeness (QED) is 0.125. The maximum Gasteiger partial charge on any atom is 0.327 e. The largest absolute Gasteiger partial charge is 0.381 e. The standard InChI is InChI=1S/C31H56N4O5/c1-7-30(8-2,18-12-15-21-34-26(36)25-33(11-5)29(34)39)19-13-16-22-40-23-17-14-20-31(9-3,10-4)35-27(37)24-32(6)28(35)38/h7-25H2,1-6H3. The molecule has 0 atom stereocenters. The van der Waals surface area contributed by atoms with Gasteiger partial charge in [-0.05, 0) is 70.1 Å². The number of rotatable bonds is 21. The summed E-state index contributed by atoms with van der Waals surface area (Å²) >= 11 is 0. The average molecular weight is 565 g/mol. The number of urea groups is 2. The fraction of sp³-hybridized carbons (Fsp3) is 0.871. The Hall–Kier alpha value is -2.16. The van der Waals surface area contributed by atoms with Gasteiger partial charge in [-0.3, -0.25) is 19.4 Å². The van der Waals surface area contributed by atoms with Crippen LogP contribution in [0.3, 0.4) is 0 Å². The van der Waals surface area contributed by atoms with Gasteiger partial charge in [-0.15, -0.1) is 0 Å². The molecule has 2 aliphatic rings. The highest BCUT2D eigenvalue weighted by molar-refractivity contribution is 6.03. The Labute approximate surface area is 242 Å². The minimum atomic E-state index is -0.391. The van der Waals surface area contributed by atoms with Crippen molar-refractivity contribution in [2.75, 3.05) is 46.4 Å². The molecule has 0 spiro atoms. The molecule has 0 aromatic carbocycles. The van der Waals surface area contributed by atoms with Crippen molar-refractivity contribution in [2.24, 2.45) is 5.41 Å². The Kier molecular flexibility index (Phi) is 13.9. The van der Waals surface area contributed by atoms with Gasteiger partial charge in [0.15, 0.2) is 0 Å². The van der Waals surface area contributed by atoms with E-state index in [1.165, 1.54) is 21.1 Å². The minimum absolute atomic E-state index is 0.0659. The highest BCUT2D eigenvalue weighted by Gasteiger charge is 2.46. The van der Waals surface area contributed by atoms with Crippen LogP contribution < -0.4 is 0 Å². The average Bonchev–Trinajstić information content (AvgIpc) is 3.38. The van der Waals surface area contributed by atoms with Crippen LogP contribution in [-0.2, 0) is 14.3 Å². The Bertz CT molecular complexity index is 840. The number of ether oxygens (including phenoxy) is 1. The molecule has 2 heterocycles.